The average Bonchev–Trinajstić information content (AvgIpc) is 3.35. The van der Waals surface area contributed by atoms with Crippen LogP contribution < -0.4 is 4.90 Å². The zero-order chi connectivity index (χ0) is 18.9. The average molecular weight is 391 g/mol. The normalized spacial score (nSPS) is 19.7. The van der Waals surface area contributed by atoms with Gasteiger partial charge in [0.15, 0.2) is 5.76 Å². The van der Waals surface area contributed by atoms with Gasteiger partial charge in [0.25, 0.3) is 0 Å². The molecule has 2 saturated heterocycles. The van der Waals surface area contributed by atoms with Crippen LogP contribution in [-0.2, 0) is 16.6 Å². The second-order valence-electron chi connectivity index (χ2n) is 7.16. The maximum Gasteiger partial charge on any atom is 0.244 e. The summed E-state index contributed by atoms with van der Waals surface area (Å²) in [6.45, 7) is 7.38. The third-order valence-electron chi connectivity index (χ3n) is 5.18. The van der Waals surface area contributed by atoms with Gasteiger partial charge in [0.1, 0.15) is 10.7 Å². The van der Waals surface area contributed by atoms with Gasteiger partial charge < -0.3 is 9.42 Å². The molecule has 0 radical (unpaired) electrons. The van der Waals surface area contributed by atoms with Crippen LogP contribution in [0.25, 0.3) is 0 Å². The molecular weight excluding hydrogens is 366 g/mol. The Labute approximate surface area is 159 Å². The number of nitrogens with zero attached hydrogens (tertiary/aromatic N) is 5. The lowest BCUT2D eigenvalue weighted by atomic mass is 10.3. The zero-order valence-electron chi connectivity index (χ0n) is 15.5. The van der Waals surface area contributed by atoms with Gasteiger partial charge in [-0.1, -0.05) is 5.16 Å². The first kappa shape index (κ1) is 18.4. The number of hydrogen-bond acceptors (Lipinski definition) is 7. The summed E-state index contributed by atoms with van der Waals surface area (Å²) in [7, 11) is -3.40. The molecule has 0 atom stereocenters. The molecule has 8 nitrogen and oxygen atoms in total. The van der Waals surface area contributed by atoms with Gasteiger partial charge >= 0.3 is 0 Å². The van der Waals surface area contributed by atoms with Crippen LogP contribution >= 0.6 is 0 Å². The molecule has 0 bridgehead atoms. The molecule has 0 aromatic carbocycles. The smallest absolute Gasteiger partial charge is 0.244 e. The molecule has 0 spiro atoms. The topological polar surface area (TPSA) is 82.8 Å². The van der Waals surface area contributed by atoms with Crippen molar-refractivity contribution in [3.05, 3.63) is 35.9 Å². The van der Waals surface area contributed by atoms with Gasteiger partial charge in [0.2, 0.25) is 10.0 Å². The van der Waals surface area contributed by atoms with Crippen molar-refractivity contribution in [2.24, 2.45) is 0 Å². The summed E-state index contributed by atoms with van der Waals surface area (Å²) in [5, 5.41) is 3.93. The zero-order valence-corrected chi connectivity index (χ0v) is 16.4. The minimum absolute atomic E-state index is 0.285. The van der Waals surface area contributed by atoms with Gasteiger partial charge in [0, 0.05) is 51.5 Å². The standard InChI is InChI=1S/C18H25N5O3S/c1-15-12-16(26-20-15)14-21-8-10-22(11-9-21)18-5-4-17(13-19-18)27(24,25)23-6-2-3-7-23/h4-5,12-13H,2-3,6-11,14H2,1H3. The molecule has 0 aliphatic carbocycles. The number of pyridine rings is 1. The first-order valence-electron chi connectivity index (χ1n) is 9.38. The molecule has 4 rings (SSSR count). The predicted octanol–water partition coefficient (Wildman–Crippen LogP) is 1.48. The van der Waals surface area contributed by atoms with Crippen molar-refractivity contribution in [1.82, 2.24) is 19.3 Å². The molecule has 2 aromatic rings. The molecule has 2 aliphatic rings. The van der Waals surface area contributed by atoms with E-state index in [9.17, 15) is 8.42 Å². The van der Waals surface area contributed by atoms with Crippen LogP contribution in [-0.4, -0.2) is 67.0 Å². The lowest BCUT2D eigenvalue weighted by Gasteiger charge is -2.34. The van der Waals surface area contributed by atoms with Crippen molar-refractivity contribution >= 4 is 15.8 Å². The Morgan fingerprint density at radius 1 is 1.07 bits per heavy atom. The van der Waals surface area contributed by atoms with Crippen LogP contribution in [0, 0.1) is 6.92 Å². The van der Waals surface area contributed by atoms with E-state index >= 15 is 0 Å². The minimum Gasteiger partial charge on any atom is -0.360 e. The molecule has 146 valence electrons. The summed E-state index contributed by atoms with van der Waals surface area (Å²) in [5.41, 5.74) is 0.900. The maximum absolute atomic E-state index is 12.6. The van der Waals surface area contributed by atoms with E-state index in [2.05, 4.69) is 19.9 Å². The molecule has 2 aliphatic heterocycles. The molecule has 0 unspecified atom stereocenters. The molecule has 4 heterocycles. The minimum atomic E-state index is -3.40. The van der Waals surface area contributed by atoms with E-state index in [1.807, 2.05) is 19.1 Å². The Balaban J connectivity index is 1.36. The number of piperazine rings is 1. The van der Waals surface area contributed by atoms with Crippen LogP contribution in [0.5, 0.6) is 0 Å². The van der Waals surface area contributed by atoms with E-state index in [-0.39, 0.29) is 4.90 Å². The molecule has 2 aromatic heterocycles. The van der Waals surface area contributed by atoms with Crippen molar-refractivity contribution < 1.29 is 12.9 Å². The summed E-state index contributed by atoms with van der Waals surface area (Å²) in [4.78, 5) is 9.22. The lowest BCUT2D eigenvalue weighted by Crippen LogP contribution is -2.46. The third kappa shape index (κ3) is 3.99. The Hall–Kier alpha value is -1.97. The maximum atomic E-state index is 12.6. The van der Waals surface area contributed by atoms with Crippen molar-refractivity contribution in [3.8, 4) is 0 Å². The van der Waals surface area contributed by atoms with E-state index in [1.54, 1.807) is 10.4 Å². The van der Waals surface area contributed by atoms with Crippen LogP contribution in [0.4, 0.5) is 5.82 Å². The Morgan fingerprint density at radius 3 is 2.41 bits per heavy atom. The number of rotatable bonds is 5. The molecular formula is C18H25N5O3S. The molecule has 2 fully saturated rings. The molecule has 0 amide bonds. The highest BCUT2D eigenvalue weighted by atomic mass is 32.2. The number of aromatic nitrogens is 2. The Morgan fingerprint density at radius 2 is 1.81 bits per heavy atom. The van der Waals surface area contributed by atoms with E-state index < -0.39 is 10.0 Å². The lowest BCUT2D eigenvalue weighted by molar-refractivity contribution is 0.219. The van der Waals surface area contributed by atoms with E-state index in [0.29, 0.717) is 13.1 Å². The second kappa shape index (κ2) is 7.57. The third-order valence-corrected chi connectivity index (χ3v) is 7.06. The fourth-order valence-electron chi connectivity index (χ4n) is 3.64. The summed E-state index contributed by atoms with van der Waals surface area (Å²) >= 11 is 0. The van der Waals surface area contributed by atoms with Gasteiger partial charge in [0.05, 0.1) is 12.2 Å². The van der Waals surface area contributed by atoms with Crippen LogP contribution in [0.2, 0.25) is 0 Å². The molecule has 9 heteroatoms. The number of aryl methyl sites for hydroxylation is 1. The number of anilines is 1. The molecule has 27 heavy (non-hydrogen) atoms. The summed E-state index contributed by atoms with van der Waals surface area (Å²) in [6.07, 6.45) is 3.36. The molecule has 0 N–H and O–H groups in total. The first-order chi connectivity index (χ1) is 13.0. The van der Waals surface area contributed by atoms with Crippen molar-refractivity contribution in [2.45, 2.75) is 31.2 Å². The SMILES string of the molecule is Cc1cc(CN2CCN(c3ccc(S(=O)(=O)N4CCCC4)cn3)CC2)on1. The van der Waals surface area contributed by atoms with Crippen LogP contribution in [0.3, 0.4) is 0 Å². The highest BCUT2D eigenvalue weighted by molar-refractivity contribution is 7.89. The van der Waals surface area contributed by atoms with Gasteiger partial charge in [-0.25, -0.2) is 13.4 Å². The largest absolute Gasteiger partial charge is 0.360 e. The highest BCUT2D eigenvalue weighted by Gasteiger charge is 2.28. The van der Waals surface area contributed by atoms with Gasteiger partial charge in [-0.15, -0.1) is 0 Å². The fourth-order valence-corrected chi connectivity index (χ4v) is 5.10. The van der Waals surface area contributed by atoms with Gasteiger partial charge in [-0.2, -0.15) is 4.31 Å². The summed E-state index contributed by atoms with van der Waals surface area (Å²) in [5.74, 6) is 1.71. The Bertz CT molecular complexity index is 867. The molecule has 0 saturated carbocycles. The number of hydrogen-bond donors (Lipinski definition) is 0. The summed E-state index contributed by atoms with van der Waals surface area (Å²) in [6, 6.07) is 5.46. The van der Waals surface area contributed by atoms with Gasteiger partial charge in [-0.3, -0.25) is 4.90 Å². The van der Waals surface area contributed by atoms with Crippen molar-refractivity contribution in [3.63, 3.8) is 0 Å². The van der Waals surface area contributed by atoms with Crippen LogP contribution in [0.15, 0.2) is 33.8 Å². The first-order valence-corrected chi connectivity index (χ1v) is 10.8. The highest BCUT2D eigenvalue weighted by Crippen LogP contribution is 2.22. The van der Waals surface area contributed by atoms with E-state index in [1.165, 1.54) is 6.20 Å². The number of sulfonamides is 1. The second-order valence-corrected chi connectivity index (χ2v) is 9.10. The van der Waals surface area contributed by atoms with Crippen LogP contribution in [0.1, 0.15) is 24.3 Å². The van der Waals surface area contributed by atoms with E-state index in [4.69, 9.17) is 4.52 Å². The van der Waals surface area contributed by atoms with E-state index in [0.717, 1.165) is 62.8 Å². The van der Waals surface area contributed by atoms with Crippen molar-refractivity contribution in [1.29, 1.82) is 0 Å². The quantitative estimate of drug-likeness (QED) is 0.763. The monoisotopic (exact) mass is 391 g/mol. The van der Waals surface area contributed by atoms with Gasteiger partial charge in [-0.05, 0) is 31.9 Å². The van der Waals surface area contributed by atoms with Crippen molar-refractivity contribution in [2.75, 3.05) is 44.2 Å². The predicted molar refractivity (Wildman–Crippen MR) is 101 cm³/mol. The fraction of sp³-hybridized carbons (Fsp3) is 0.556. The Kier molecular flexibility index (Phi) is 5.16. The summed E-state index contributed by atoms with van der Waals surface area (Å²) < 4.78 is 32.0.